The molecule has 0 aliphatic rings. The molecule has 482 valence electrons. The third-order valence-corrected chi connectivity index (χ3v) is 17.8. The number of hydrogen-bond acceptors (Lipinski definition) is 5. The molecule has 0 spiro atoms. The number of carbonyl (C=O) groups excluding carboxylic acids is 2. The van der Waals surface area contributed by atoms with Crippen molar-refractivity contribution in [2.75, 3.05) is 13.2 Å². The van der Waals surface area contributed by atoms with Crippen molar-refractivity contribution in [2.45, 2.75) is 443 Å². The summed E-state index contributed by atoms with van der Waals surface area (Å²) in [6, 6.07) is -0.624. The van der Waals surface area contributed by atoms with Gasteiger partial charge in [0.2, 0.25) is 5.91 Å². The van der Waals surface area contributed by atoms with Crippen molar-refractivity contribution in [3.63, 3.8) is 0 Å². The van der Waals surface area contributed by atoms with E-state index in [-0.39, 0.29) is 18.5 Å². The number of carbonyl (C=O) groups is 2. The van der Waals surface area contributed by atoms with Crippen molar-refractivity contribution >= 4 is 11.9 Å². The van der Waals surface area contributed by atoms with Crippen LogP contribution in [-0.2, 0) is 14.3 Å². The second kappa shape index (κ2) is 71.1. The fourth-order valence-corrected chi connectivity index (χ4v) is 12.1. The van der Waals surface area contributed by atoms with E-state index in [1.54, 1.807) is 6.08 Å². The lowest BCUT2D eigenvalue weighted by Gasteiger charge is -2.20. The van der Waals surface area contributed by atoms with Gasteiger partial charge in [-0.15, -0.1) is 0 Å². The lowest BCUT2D eigenvalue weighted by atomic mass is 10.0. The van der Waals surface area contributed by atoms with Gasteiger partial charge < -0.3 is 20.3 Å². The fourth-order valence-electron chi connectivity index (χ4n) is 12.1. The number of hydrogen-bond donors (Lipinski definition) is 3. The highest BCUT2D eigenvalue weighted by atomic mass is 16.5. The molecule has 1 amide bonds. The number of unbranched alkanes of at least 4 members (excludes halogenated alkanes) is 60. The van der Waals surface area contributed by atoms with Crippen molar-refractivity contribution in [2.24, 2.45) is 0 Å². The SMILES string of the molecule is CCCCCCCCCCCCCCCC/C=C/C(O)C(CO)NC(=O)CCCCCCCCCCCCCCCCCCCCCCCCCCCCCCCOC(=O)CCCCCCCCCCCCCCCCCCCCC. The quantitative estimate of drug-likeness (QED) is 0.0320. The first-order valence-electron chi connectivity index (χ1n) is 37.5. The molecule has 0 aromatic carbocycles. The molecule has 0 aromatic rings. The topological polar surface area (TPSA) is 95.9 Å². The van der Waals surface area contributed by atoms with Crippen LogP contribution in [0, 0.1) is 0 Å². The fraction of sp³-hybridized carbons (Fsp3) is 0.947. The van der Waals surface area contributed by atoms with Gasteiger partial charge in [0.15, 0.2) is 0 Å². The van der Waals surface area contributed by atoms with Gasteiger partial charge in [0.05, 0.1) is 25.4 Å². The Balaban J connectivity index is 3.32. The van der Waals surface area contributed by atoms with Crippen molar-refractivity contribution in [1.29, 1.82) is 0 Å². The van der Waals surface area contributed by atoms with Gasteiger partial charge in [-0.1, -0.05) is 398 Å². The van der Waals surface area contributed by atoms with E-state index in [4.69, 9.17) is 4.74 Å². The highest BCUT2D eigenvalue weighted by Gasteiger charge is 2.18. The summed E-state index contributed by atoms with van der Waals surface area (Å²) >= 11 is 0. The summed E-state index contributed by atoms with van der Waals surface area (Å²) < 4.78 is 5.52. The summed E-state index contributed by atoms with van der Waals surface area (Å²) in [4.78, 5) is 24.6. The molecule has 0 saturated carbocycles. The highest BCUT2D eigenvalue weighted by Crippen LogP contribution is 2.20. The van der Waals surface area contributed by atoms with Crippen LogP contribution in [0.1, 0.15) is 431 Å². The van der Waals surface area contributed by atoms with Crippen LogP contribution < -0.4 is 5.32 Å². The first-order valence-corrected chi connectivity index (χ1v) is 37.5. The van der Waals surface area contributed by atoms with Crippen LogP contribution in [0.5, 0.6) is 0 Å². The Morgan fingerprint density at radius 1 is 0.333 bits per heavy atom. The second-order valence-electron chi connectivity index (χ2n) is 26.0. The van der Waals surface area contributed by atoms with Crippen LogP contribution >= 0.6 is 0 Å². The Morgan fingerprint density at radius 2 is 0.568 bits per heavy atom. The summed E-state index contributed by atoms with van der Waals surface area (Å²) in [6.07, 6.45) is 88.9. The zero-order chi connectivity index (χ0) is 58.5. The van der Waals surface area contributed by atoms with Gasteiger partial charge >= 0.3 is 5.97 Å². The number of rotatable bonds is 71. The van der Waals surface area contributed by atoms with Crippen molar-refractivity contribution in [3.8, 4) is 0 Å². The number of allylic oxidation sites excluding steroid dienone is 1. The van der Waals surface area contributed by atoms with Gasteiger partial charge in [-0.25, -0.2) is 0 Å². The van der Waals surface area contributed by atoms with Crippen LogP contribution in [-0.4, -0.2) is 47.4 Å². The summed E-state index contributed by atoms with van der Waals surface area (Å²) in [5, 5.41) is 23.2. The van der Waals surface area contributed by atoms with E-state index < -0.39 is 12.1 Å². The Bertz CT molecular complexity index is 1220. The smallest absolute Gasteiger partial charge is 0.305 e. The van der Waals surface area contributed by atoms with Gasteiger partial charge in [-0.3, -0.25) is 9.59 Å². The molecule has 0 saturated heterocycles. The molecule has 6 nitrogen and oxygen atoms in total. The van der Waals surface area contributed by atoms with Crippen LogP contribution in [0.25, 0.3) is 0 Å². The molecule has 2 atom stereocenters. The molecule has 0 fully saturated rings. The average Bonchev–Trinajstić information content (AvgIpc) is 3.47. The highest BCUT2D eigenvalue weighted by molar-refractivity contribution is 5.76. The number of amides is 1. The van der Waals surface area contributed by atoms with E-state index >= 15 is 0 Å². The van der Waals surface area contributed by atoms with E-state index in [0.29, 0.717) is 19.4 Å². The monoisotopic (exact) mass is 1140 g/mol. The molecule has 0 heterocycles. The van der Waals surface area contributed by atoms with Gasteiger partial charge in [-0.05, 0) is 32.1 Å². The number of esters is 1. The first kappa shape index (κ1) is 79.6. The normalized spacial score (nSPS) is 12.5. The minimum absolute atomic E-state index is 0.0251. The maximum Gasteiger partial charge on any atom is 0.305 e. The summed E-state index contributed by atoms with van der Waals surface area (Å²) in [7, 11) is 0. The Morgan fingerprint density at radius 3 is 0.840 bits per heavy atom. The van der Waals surface area contributed by atoms with Crippen molar-refractivity contribution in [1.82, 2.24) is 5.32 Å². The molecule has 0 aromatic heterocycles. The van der Waals surface area contributed by atoms with Gasteiger partial charge in [-0.2, -0.15) is 0 Å². The summed E-state index contributed by atoms with van der Waals surface area (Å²) in [5.41, 5.74) is 0. The standard InChI is InChI=1S/C75H147NO5/c1-3-5-7-9-11-13-15-17-19-21-33-37-41-45-49-53-57-61-65-69-75(80)81-70-66-62-58-54-50-46-42-38-35-32-30-28-26-24-22-23-25-27-29-31-34-36-40-44-48-52-56-60-64-68-74(79)76-72(71-77)73(78)67-63-59-55-51-47-43-39-20-18-16-14-12-10-8-6-4-2/h63,67,72-73,77-78H,3-62,64-66,68-71H2,1-2H3,(H,76,79)/b67-63+. The van der Waals surface area contributed by atoms with E-state index in [1.807, 2.05) is 6.08 Å². The summed E-state index contributed by atoms with van der Waals surface area (Å²) in [5.74, 6) is -0.0357. The molecule has 6 heteroatoms. The van der Waals surface area contributed by atoms with Gasteiger partial charge in [0, 0.05) is 12.8 Å². The number of nitrogens with one attached hydrogen (secondary N) is 1. The molecule has 0 bridgehead atoms. The van der Waals surface area contributed by atoms with E-state index in [2.05, 4.69) is 19.2 Å². The van der Waals surface area contributed by atoms with E-state index in [1.165, 1.54) is 366 Å². The molecule has 81 heavy (non-hydrogen) atoms. The van der Waals surface area contributed by atoms with Crippen LogP contribution in [0.15, 0.2) is 12.2 Å². The molecular formula is C75H147NO5. The van der Waals surface area contributed by atoms with Gasteiger partial charge in [0.25, 0.3) is 0 Å². The van der Waals surface area contributed by atoms with Crippen molar-refractivity contribution < 1.29 is 24.5 Å². The predicted octanol–water partition coefficient (Wildman–Crippen LogP) is 24.3. The van der Waals surface area contributed by atoms with E-state index in [9.17, 15) is 19.8 Å². The zero-order valence-corrected chi connectivity index (χ0v) is 55.3. The summed E-state index contributed by atoms with van der Waals surface area (Å²) in [6.45, 7) is 4.96. The number of ether oxygens (including phenoxy) is 1. The molecular weight excluding hydrogens is 995 g/mol. The second-order valence-corrected chi connectivity index (χ2v) is 26.0. The first-order chi connectivity index (χ1) is 40.0. The minimum atomic E-state index is -0.841. The van der Waals surface area contributed by atoms with Gasteiger partial charge in [0.1, 0.15) is 0 Å². The Labute approximate surface area is 508 Å². The Kier molecular flexibility index (Phi) is 69.9. The predicted molar refractivity (Wildman–Crippen MR) is 357 cm³/mol. The zero-order valence-electron chi connectivity index (χ0n) is 55.3. The maximum atomic E-state index is 12.5. The average molecular weight is 1140 g/mol. The third-order valence-electron chi connectivity index (χ3n) is 17.8. The lowest BCUT2D eigenvalue weighted by molar-refractivity contribution is -0.143. The molecule has 0 aliphatic carbocycles. The number of aliphatic hydroxyl groups excluding tert-OH is 2. The minimum Gasteiger partial charge on any atom is -0.466 e. The molecule has 2 unspecified atom stereocenters. The molecule has 3 N–H and O–H groups in total. The van der Waals surface area contributed by atoms with Crippen LogP contribution in [0.4, 0.5) is 0 Å². The number of aliphatic hydroxyl groups is 2. The lowest BCUT2D eigenvalue weighted by Crippen LogP contribution is -2.45. The van der Waals surface area contributed by atoms with Crippen LogP contribution in [0.3, 0.4) is 0 Å². The molecule has 0 radical (unpaired) electrons. The largest absolute Gasteiger partial charge is 0.466 e. The van der Waals surface area contributed by atoms with E-state index in [0.717, 1.165) is 38.5 Å². The Hall–Kier alpha value is -1.40. The maximum absolute atomic E-state index is 12.5. The third kappa shape index (κ3) is 67.6. The van der Waals surface area contributed by atoms with Crippen molar-refractivity contribution in [3.05, 3.63) is 12.2 Å². The molecule has 0 aliphatic heterocycles. The molecule has 0 rings (SSSR count). The van der Waals surface area contributed by atoms with Crippen LogP contribution in [0.2, 0.25) is 0 Å².